The van der Waals surface area contributed by atoms with Gasteiger partial charge in [0, 0.05) is 25.4 Å². The lowest BCUT2D eigenvalue weighted by molar-refractivity contribution is -0.120. The molecule has 2 heterocycles. The Labute approximate surface area is 163 Å². The maximum atomic E-state index is 12.1. The van der Waals surface area contributed by atoms with Crippen LogP contribution in [0.5, 0.6) is 0 Å². The Hall–Kier alpha value is -2.46. The van der Waals surface area contributed by atoms with Crippen molar-refractivity contribution >= 4 is 38.8 Å². The third kappa shape index (κ3) is 4.87. The van der Waals surface area contributed by atoms with Gasteiger partial charge in [0.2, 0.25) is 5.91 Å². The first-order valence-electron chi connectivity index (χ1n) is 9.16. The highest BCUT2D eigenvalue weighted by Gasteiger charge is 2.27. The lowest BCUT2D eigenvalue weighted by Crippen LogP contribution is -2.49. The van der Waals surface area contributed by atoms with E-state index < -0.39 is 16.1 Å². The van der Waals surface area contributed by atoms with Gasteiger partial charge in [-0.3, -0.25) is 23.9 Å². The maximum absolute atomic E-state index is 12.1. The molecular formula is C18H24N4O5S. The van der Waals surface area contributed by atoms with E-state index in [1.54, 1.807) is 4.68 Å². The van der Waals surface area contributed by atoms with Gasteiger partial charge in [0.25, 0.3) is 10.1 Å². The van der Waals surface area contributed by atoms with Crippen LogP contribution in [0.2, 0.25) is 0 Å². The number of amides is 3. The molecule has 0 spiro atoms. The Morgan fingerprint density at radius 3 is 2.71 bits per heavy atom. The predicted molar refractivity (Wildman–Crippen MR) is 105 cm³/mol. The first-order valence-corrected chi connectivity index (χ1v) is 11.0. The monoisotopic (exact) mass is 408 g/mol. The van der Waals surface area contributed by atoms with Crippen LogP contribution in [-0.4, -0.2) is 49.5 Å². The van der Waals surface area contributed by atoms with Crippen LogP contribution in [-0.2, 0) is 32.6 Å². The fraction of sp³-hybridized carbons (Fsp3) is 0.500. The minimum absolute atomic E-state index is 0.212. The van der Waals surface area contributed by atoms with E-state index in [0.29, 0.717) is 18.8 Å². The number of benzene rings is 1. The van der Waals surface area contributed by atoms with Crippen LogP contribution in [0.15, 0.2) is 18.2 Å². The second-order valence-electron chi connectivity index (χ2n) is 6.89. The third-order valence-electron chi connectivity index (χ3n) is 4.61. The number of rotatable bonds is 8. The number of anilines is 1. The van der Waals surface area contributed by atoms with E-state index in [-0.39, 0.29) is 18.9 Å². The second-order valence-corrected chi connectivity index (χ2v) is 8.53. The molecule has 2 aromatic rings. The van der Waals surface area contributed by atoms with Crippen molar-refractivity contribution < 1.29 is 22.2 Å². The Morgan fingerprint density at radius 2 is 2.00 bits per heavy atom. The molecule has 1 saturated heterocycles. The summed E-state index contributed by atoms with van der Waals surface area (Å²) in [6.45, 7) is 0.525. The average molecular weight is 408 g/mol. The highest BCUT2D eigenvalue weighted by atomic mass is 32.2. The van der Waals surface area contributed by atoms with Crippen molar-refractivity contribution in [2.45, 2.75) is 32.1 Å². The number of aryl methyl sites for hydroxylation is 2. The standard InChI is InChI=1S/C18H24N4O5S/c1-21-15-12-13(6-4-3-5-11-27-28(2,25)26)7-8-14(15)17(20-21)22-10-9-16(23)19-18(22)24/h7-8,12H,3-6,9-11H2,1-2H3,(H,19,23,24). The number of hydrogen-bond acceptors (Lipinski definition) is 6. The normalized spacial score (nSPS) is 15.3. The number of nitrogens with zero attached hydrogens (tertiary/aromatic N) is 3. The number of carbonyl (C=O) groups is 2. The molecule has 152 valence electrons. The maximum Gasteiger partial charge on any atom is 0.329 e. The van der Waals surface area contributed by atoms with E-state index >= 15 is 0 Å². The first-order chi connectivity index (χ1) is 13.2. The molecule has 1 N–H and O–H groups in total. The molecule has 0 atom stereocenters. The van der Waals surface area contributed by atoms with E-state index in [2.05, 4.69) is 10.4 Å². The summed E-state index contributed by atoms with van der Waals surface area (Å²) in [6, 6.07) is 5.56. The zero-order valence-corrected chi connectivity index (χ0v) is 16.8. The van der Waals surface area contributed by atoms with Gasteiger partial charge < -0.3 is 0 Å². The van der Waals surface area contributed by atoms with E-state index in [9.17, 15) is 18.0 Å². The third-order valence-corrected chi connectivity index (χ3v) is 5.21. The summed E-state index contributed by atoms with van der Waals surface area (Å²) in [7, 11) is -1.54. The summed E-state index contributed by atoms with van der Waals surface area (Å²) in [6.07, 6.45) is 4.63. The SMILES string of the molecule is Cn1nc(N2CCC(=O)NC2=O)c2ccc(CCCCCOS(C)(=O)=O)cc21. The number of hydrogen-bond donors (Lipinski definition) is 1. The second kappa shape index (κ2) is 8.27. The molecule has 1 aromatic heterocycles. The quantitative estimate of drug-likeness (QED) is 0.526. The van der Waals surface area contributed by atoms with Crippen molar-refractivity contribution in [1.29, 1.82) is 0 Å². The van der Waals surface area contributed by atoms with Crippen molar-refractivity contribution in [3.63, 3.8) is 0 Å². The molecule has 1 aliphatic rings. The largest absolute Gasteiger partial charge is 0.329 e. The van der Waals surface area contributed by atoms with Gasteiger partial charge in [-0.05, 0) is 37.0 Å². The minimum Gasteiger partial charge on any atom is -0.278 e. The Morgan fingerprint density at radius 1 is 1.21 bits per heavy atom. The van der Waals surface area contributed by atoms with Gasteiger partial charge in [-0.2, -0.15) is 13.5 Å². The number of carbonyl (C=O) groups excluding carboxylic acids is 2. The molecule has 10 heteroatoms. The summed E-state index contributed by atoms with van der Waals surface area (Å²) >= 11 is 0. The van der Waals surface area contributed by atoms with Crippen LogP contribution < -0.4 is 10.2 Å². The summed E-state index contributed by atoms with van der Waals surface area (Å²) in [5, 5.41) is 7.65. The van der Waals surface area contributed by atoms with E-state index in [1.165, 1.54) is 4.90 Å². The number of imide groups is 1. The number of fused-ring (bicyclic) bond motifs is 1. The van der Waals surface area contributed by atoms with Crippen molar-refractivity contribution in [2.24, 2.45) is 7.05 Å². The molecule has 0 bridgehead atoms. The first kappa shape index (κ1) is 20.3. The summed E-state index contributed by atoms with van der Waals surface area (Å²) in [4.78, 5) is 25.0. The lowest BCUT2D eigenvalue weighted by atomic mass is 10.1. The Kier molecular flexibility index (Phi) is 5.99. The number of aromatic nitrogens is 2. The van der Waals surface area contributed by atoms with Crippen LogP contribution >= 0.6 is 0 Å². The fourth-order valence-electron chi connectivity index (χ4n) is 3.22. The van der Waals surface area contributed by atoms with Crippen molar-refractivity contribution in [3.05, 3.63) is 23.8 Å². The van der Waals surface area contributed by atoms with Crippen LogP contribution in [0.4, 0.5) is 10.6 Å². The van der Waals surface area contributed by atoms with Crippen molar-refractivity contribution in [1.82, 2.24) is 15.1 Å². The molecule has 0 aliphatic carbocycles. The van der Waals surface area contributed by atoms with Crippen LogP contribution in [0.1, 0.15) is 31.2 Å². The number of nitrogens with one attached hydrogen (secondary N) is 1. The van der Waals surface area contributed by atoms with Gasteiger partial charge >= 0.3 is 6.03 Å². The van der Waals surface area contributed by atoms with E-state index in [1.807, 2.05) is 25.2 Å². The van der Waals surface area contributed by atoms with Crippen LogP contribution in [0, 0.1) is 0 Å². The average Bonchev–Trinajstić information content (AvgIpc) is 2.93. The molecule has 3 amide bonds. The zero-order valence-electron chi connectivity index (χ0n) is 16.0. The van der Waals surface area contributed by atoms with Crippen LogP contribution in [0.25, 0.3) is 10.9 Å². The molecule has 1 fully saturated rings. The van der Waals surface area contributed by atoms with Gasteiger partial charge in [-0.25, -0.2) is 4.79 Å². The van der Waals surface area contributed by atoms with E-state index in [4.69, 9.17) is 4.18 Å². The fourth-order valence-corrected chi connectivity index (χ4v) is 3.64. The molecule has 0 unspecified atom stereocenters. The highest BCUT2D eigenvalue weighted by Crippen LogP contribution is 2.28. The van der Waals surface area contributed by atoms with Crippen molar-refractivity contribution in [3.8, 4) is 0 Å². The van der Waals surface area contributed by atoms with Crippen LogP contribution in [0.3, 0.4) is 0 Å². The van der Waals surface area contributed by atoms with Crippen molar-refractivity contribution in [2.75, 3.05) is 24.3 Å². The Balaban J connectivity index is 1.64. The van der Waals surface area contributed by atoms with E-state index in [0.717, 1.165) is 42.0 Å². The molecule has 28 heavy (non-hydrogen) atoms. The summed E-state index contributed by atoms with van der Waals surface area (Å²) in [5.74, 6) is 0.276. The number of unbranched alkanes of at least 4 members (excludes halogenated alkanes) is 2. The number of urea groups is 1. The molecule has 9 nitrogen and oxygen atoms in total. The molecule has 3 rings (SSSR count). The minimum atomic E-state index is -3.37. The summed E-state index contributed by atoms with van der Waals surface area (Å²) in [5.41, 5.74) is 2.06. The lowest BCUT2D eigenvalue weighted by Gasteiger charge is -2.24. The molecule has 0 saturated carbocycles. The van der Waals surface area contributed by atoms with Gasteiger partial charge in [-0.15, -0.1) is 0 Å². The molecule has 1 aromatic carbocycles. The topological polar surface area (TPSA) is 111 Å². The smallest absolute Gasteiger partial charge is 0.278 e. The van der Waals surface area contributed by atoms with Gasteiger partial charge in [-0.1, -0.05) is 12.5 Å². The predicted octanol–water partition coefficient (Wildman–Crippen LogP) is 1.71. The molecule has 1 aliphatic heterocycles. The Bertz CT molecular complexity index is 999. The highest BCUT2D eigenvalue weighted by molar-refractivity contribution is 7.85. The van der Waals surface area contributed by atoms with Gasteiger partial charge in [0.1, 0.15) is 0 Å². The molecule has 0 radical (unpaired) electrons. The van der Waals surface area contributed by atoms with Gasteiger partial charge in [0.05, 0.1) is 18.4 Å². The molecular weight excluding hydrogens is 384 g/mol. The van der Waals surface area contributed by atoms with Gasteiger partial charge in [0.15, 0.2) is 5.82 Å². The summed E-state index contributed by atoms with van der Waals surface area (Å²) < 4.78 is 28.3. The zero-order chi connectivity index (χ0) is 20.3.